The number of hydrogen-bond donors (Lipinski definition) is 3. The van der Waals surface area contributed by atoms with Gasteiger partial charge in [-0.25, -0.2) is 13.6 Å². The van der Waals surface area contributed by atoms with Gasteiger partial charge in [0.25, 0.3) is 0 Å². The Balaban J connectivity index is 1.84. The summed E-state index contributed by atoms with van der Waals surface area (Å²) in [5.74, 6) is 0. The van der Waals surface area contributed by atoms with Crippen molar-refractivity contribution in [3.8, 4) is 0 Å². The van der Waals surface area contributed by atoms with E-state index in [0.717, 1.165) is 31.7 Å². The molecule has 2 rings (SSSR count). The fourth-order valence-corrected chi connectivity index (χ4v) is 2.99. The summed E-state index contributed by atoms with van der Waals surface area (Å²) in [5.41, 5.74) is 0.904. The molecule has 1 aliphatic heterocycles. The van der Waals surface area contributed by atoms with Crippen LogP contribution in [-0.2, 0) is 21.3 Å². The standard InChI is InChI=1S/C14H23N3O3S/c1-11(7-13-10-20-6-5-16-13)17-9-12-3-2-4-14(8-12)21(15,18)19/h2-4,8,11,13,16-17H,5-7,9-10H2,1H3,(H2,15,18,19). The Morgan fingerprint density at radius 2 is 2.33 bits per heavy atom. The van der Waals surface area contributed by atoms with Crippen LogP contribution in [0.4, 0.5) is 0 Å². The monoisotopic (exact) mass is 313 g/mol. The van der Waals surface area contributed by atoms with Gasteiger partial charge in [-0.05, 0) is 31.0 Å². The van der Waals surface area contributed by atoms with Crippen molar-refractivity contribution in [3.05, 3.63) is 29.8 Å². The highest BCUT2D eigenvalue weighted by Gasteiger charge is 2.16. The van der Waals surface area contributed by atoms with E-state index in [0.29, 0.717) is 18.6 Å². The smallest absolute Gasteiger partial charge is 0.238 e. The molecule has 21 heavy (non-hydrogen) atoms. The van der Waals surface area contributed by atoms with Crippen LogP contribution in [0.15, 0.2) is 29.2 Å². The Hall–Kier alpha value is -0.990. The highest BCUT2D eigenvalue weighted by molar-refractivity contribution is 7.89. The topological polar surface area (TPSA) is 93.4 Å². The van der Waals surface area contributed by atoms with Crippen LogP contribution in [0.1, 0.15) is 18.9 Å². The van der Waals surface area contributed by atoms with E-state index in [1.807, 2.05) is 6.07 Å². The largest absolute Gasteiger partial charge is 0.379 e. The summed E-state index contributed by atoms with van der Waals surface area (Å²) in [6.07, 6.45) is 0.967. The lowest BCUT2D eigenvalue weighted by Gasteiger charge is -2.26. The van der Waals surface area contributed by atoms with Crippen molar-refractivity contribution in [3.63, 3.8) is 0 Å². The van der Waals surface area contributed by atoms with Gasteiger partial charge in [0, 0.05) is 25.2 Å². The van der Waals surface area contributed by atoms with E-state index >= 15 is 0 Å². The maximum atomic E-state index is 11.3. The minimum atomic E-state index is -3.64. The molecule has 0 radical (unpaired) electrons. The van der Waals surface area contributed by atoms with Gasteiger partial charge in [-0.2, -0.15) is 0 Å². The van der Waals surface area contributed by atoms with Gasteiger partial charge in [-0.3, -0.25) is 0 Å². The number of ether oxygens (including phenoxy) is 1. The van der Waals surface area contributed by atoms with E-state index in [9.17, 15) is 8.42 Å². The SMILES string of the molecule is CC(CC1COCCN1)NCc1cccc(S(N)(=O)=O)c1. The molecule has 118 valence electrons. The van der Waals surface area contributed by atoms with Crippen molar-refractivity contribution in [2.24, 2.45) is 5.14 Å². The number of benzene rings is 1. The molecule has 0 bridgehead atoms. The van der Waals surface area contributed by atoms with Crippen LogP contribution >= 0.6 is 0 Å². The zero-order chi connectivity index (χ0) is 15.3. The quantitative estimate of drug-likeness (QED) is 0.697. The van der Waals surface area contributed by atoms with Gasteiger partial charge in [0.1, 0.15) is 0 Å². The van der Waals surface area contributed by atoms with E-state index in [4.69, 9.17) is 9.88 Å². The van der Waals surface area contributed by atoms with Gasteiger partial charge in [0.05, 0.1) is 18.1 Å². The number of hydrogen-bond acceptors (Lipinski definition) is 5. The van der Waals surface area contributed by atoms with Crippen molar-refractivity contribution < 1.29 is 13.2 Å². The van der Waals surface area contributed by atoms with Crippen molar-refractivity contribution >= 4 is 10.0 Å². The maximum Gasteiger partial charge on any atom is 0.238 e. The van der Waals surface area contributed by atoms with Crippen LogP contribution in [0.3, 0.4) is 0 Å². The normalized spacial score (nSPS) is 21.1. The molecule has 6 nitrogen and oxygen atoms in total. The molecule has 2 unspecified atom stereocenters. The van der Waals surface area contributed by atoms with E-state index < -0.39 is 10.0 Å². The number of primary sulfonamides is 1. The van der Waals surface area contributed by atoms with E-state index in [-0.39, 0.29) is 4.90 Å². The first-order chi connectivity index (χ1) is 9.95. The number of sulfonamides is 1. The highest BCUT2D eigenvalue weighted by atomic mass is 32.2. The third-order valence-electron chi connectivity index (χ3n) is 3.52. The number of nitrogens with two attached hydrogens (primary N) is 1. The van der Waals surface area contributed by atoms with Gasteiger partial charge in [0.2, 0.25) is 10.0 Å². The average Bonchev–Trinajstić information content (AvgIpc) is 2.46. The van der Waals surface area contributed by atoms with E-state index in [2.05, 4.69) is 17.6 Å². The first kappa shape index (κ1) is 16.4. The zero-order valence-electron chi connectivity index (χ0n) is 12.2. The van der Waals surface area contributed by atoms with Crippen LogP contribution in [0, 0.1) is 0 Å². The van der Waals surface area contributed by atoms with Gasteiger partial charge in [-0.1, -0.05) is 12.1 Å². The predicted molar refractivity (Wildman–Crippen MR) is 81.3 cm³/mol. The molecule has 0 aliphatic carbocycles. The van der Waals surface area contributed by atoms with Crippen molar-refractivity contribution in [1.29, 1.82) is 0 Å². The van der Waals surface area contributed by atoms with Crippen LogP contribution in [0.5, 0.6) is 0 Å². The molecule has 7 heteroatoms. The van der Waals surface area contributed by atoms with Gasteiger partial charge in [0.15, 0.2) is 0 Å². The van der Waals surface area contributed by atoms with Crippen LogP contribution in [0.2, 0.25) is 0 Å². The van der Waals surface area contributed by atoms with E-state index in [1.165, 1.54) is 6.07 Å². The molecule has 1 fully saturated rings. The molecule has 1 aromatic carbocycles. The molecular formula is C14H23N3O3S. The first-order valence-electron chi connectivity index (χ1n) is 7.11. The lowest BCUT2D eigenvalue weighted by Crippen LogP contribution is -2.44. The zero-order valence-corrected chi connectivity index (χ0v) is 13.0. The minimum Gasteiger partial charge on any atom is -0.379 e. The Bertz CT molecular complexity index is 556. The summed E-state index contributed by atoms with van der Waals surface area (Å²) in [5, 5.41) is 11.9. The van der Waals surface area contributed by atoms with Gasteiger partial charge in [-0.15, -0.1) is 0 Å². The third kappa shape index (κ3) is 5.37. The van der Waals surface area contributed by atoms with E-state index in [1.54, 1.807) is 12.1 Å². The molecule has 1 saturated heterocycles. The number of morpholine rings is 1. The summed E-state index contributed by atoms with van der Waals surface area (Å²) in [4.78, 5) is 0.150. The average molecular weight is 313 g/mol. The second-order valence-corrected chi connectivity index (χ2v) is 7.00. The molecule has 0 aromatic heterocycles. The number of rotatable bonds is 6. The summed E-state index contributed by atoms with van der Waals surface area (Å²) in [6, 6.07) is 7.39. The summed E-state index contributed by atoms with van der Waals surface area (Å²) in [6.45, 7) is 5.14. The molecule has 1 aromatic rings. The summed E-state index contributed by atoms with van der Waals surface area (Å²) < 4.78 is 28.1. The summed E-state index contributed by atoms with van der Waals surface area (Å²) >= 11 is 0. The molecule has 0 spiro atoms. The highest BCUT2D eigenvalue weighted by Crippen LogP contribution is 2.10. The van der Waals surface area contributed by atoms with Crippen molar-refractivity contribution in [2.45, 2.75) is 36.9 Å². The van der Waals surface area contributed by atoms with Crippen LogP contribution in [0.25, 0.3) is 0 Å². The lowest BCUT2D eigenvalue weighted by molar-refractivity contribution is 0.0712. The Labute approximate surface area is 126 Å². The predicted octanol–water partition coefficient (Wildman–Crippen LogP) is 0.191. The first-order valence-corrected chi connectivity index (χ1v) is 8.66. The lowest BCUT2D eigenvalue weighted by atomic mass is 10.1. The number of nitrogens with one attached hydrogen (secondary N) is 2. The van der Waals surface area contributed by atoms with Gasteiger partial charge < -0.3 is 15.4 Å². The second kappa shape index (κ2) is 7.33. The molecule has 1 heterocycles. The third-order valence-corrected chi connectivity index (χ3v) is 4.43. The Morgan fingerprint density at radius 3 is 3.00 bits per heavy atom. The molecular weight excluding hydrogens is 290 g/mol. The Morgan fingerprint density at radius 1 is 1.52 bits per heavy atom. The summed E-state index contributed by atoms with van der Waals surface area (Å²) in [7, 11) is -3.64. The Kier molecular flexibility index (Phi) is 5.72. The van der Waals surface area contributed by atoms with Crippen LogP contribution in [-0.4, -0.2) is 40.3 Å². The maximum absolute atomic E-state index is 11.3. The van der Waals surface area contributed by atoms with Crippen molar-refractivity contribution in [2.75, 3.05) is 19.8 Å². The second-order valence-electron chi connectivity index (χ2n) is 5.44. The molecule has 0 saturated carbocycles. The molecule has 2 atom stereocenters. The molecule has 1 aliphatic rings. The molecule has 0 amide bonds. The van der Waals surface area contributed by atoms with Crippen molar-refractivity contribution in [1.82, 2.24) is 10.6 Å². The fraction of sp³-hybridized carbons (Fsp3) is 0.571. The van der Waals surface area contributed by atoms with Gasteiger partial charge >= 0.3 is 0 Å². The van der Waals surface area contributed by atoms with Crippen LogP contribution < -0.4 is 15.8 Å². The molecule has 4 N–H and O–H groups in total. The minimum absolute atomic E-state index is 0.150. The fourth-order valence-electron chi connectivity index (χ4n) is 2.41.